The van der Waals surface area contributed by atoms with Gasteiger partial charge < -0.3 is 15.3 Å². The Morgan fingerprint density at radius 1 is 0.857 bits per heavy atom. The summed E-state index contributed by atoms with van der Waals surface area (Å²) >= 11 is 0. The van der Waals surface area contributed by atoms with E-state index in [1.165, 1.54) is 64.2 Å². The minimum absolute atomic E-state index is 0.0753. The first kappa shape index (κ1) is 27.6. The van der Waals surface area contributed by atoms with Gasteiger partial charge in [0.1, 0.15) is 11.9 Å². The summed E-state index contributed by atoms with van der Waals surface area (Å²) in [6.45, 7) is 2.11. The fraction of sp³-hybridized carbons (Fsp3) is 0.952. The molecular weight excluding hydrogens is 377 g/mol. The third-order valence-corrected chi connectivity index (χ3v) is 6.32. The highest BCUT2D eigenvalue weighted by Gasteiger charge is 2.36. The smallest absolute Gasteiger partial charge is 0.395 e. The number of nitrogens with one attached hydrogen (secondary N) is 1. The van der Waals surface area contributed by atoms with Crippen molar-refractivity contribution in [1.29, 1.82) is 0 Å². The summed E-state index contributed by atoms with van der Waals surface area (Å²) in [7, 11) is -2.26. The lowest BCUT2D eigenvalue weighted by molar-refractivity contribution is -0.122. The van der Waals surface area contributed by atoms with Gasteiger partial charge in [0.2, 0.25) is 0 Å². The molecule has 0 aromatic rings. The number of aliphatic hydroxyl groups is 3. The van der Waals surface area contributed by atoms with E-state index in [1.807, 2.05) is 0 Å². The van der Waals surface area contributed by atoms with Crippen molar-refractivity contribution < 1.29 is 24.7 Å². The van der Waals surface area contributed by atoms with E-state index in [9.17, 15) is 19.6 Å². The predicted molar refractivity (Wildman–Crippen MR) is 115 cm³/mol. The third kappa shape index (κ3) is 16.6. The number of aliphatic hydroxyl groups excluding tert-OH is 3. The van der Waals surface area contributed by atoms with Crippen LogP contribution in [0.25, 0.3) is 0 Å². The summed E-state index contributed by atoms with van der Waals surface area (Å²) in [5.74, 6) is -1.60. The molecule has 3 unspecified atom stereocenters. The van der Waals surface area contributed by atoms with Crippen molar-refractivity contribution in [2.24, 2.45) is 0 Å². The Labute approximate surface area is 172 Å². The fourth-order valence-corrected chi connectivity index (χ4v) is 4.12. The molecule has 0 saturated carbocycles. The number of hydrogen-bond acceptors (Lipinski definition) is 5. The second-order valence-electron chi connectivity index (χ2n) is 7.67. The van der Waals surface area contributed by atoms with Gasteiger partial charge in [0.25, 0.3) is 5.85 Å². The Morgan fingerprint density at radius 3 is 1.79 bits per heavy atom. The zero-order valence-electron chi connectivity index (χ0n) is 17.8. The maximum atomic E-state index is 11.9. The van der Waals surface area contributed by atoms with Crippen molar-refractivity contribution in [2.75, 3.05) is 13.2 Å². The Bertz CT molecular complexity index is 395. The van der Waals surface area contributed by atoms with Gasteiger partial charge in [-0.3, -0.25) is 4.79 Å². The van der Waals surface area contributed by atoms with E-state index in [1.54, 1.807) is 0 Å². The second kappa shape index (κ2) is 19.9. The molecule has 0 aliphatic rings. The average molecular weight is 421 g/mol. The number of ketones is 1. The molecule has 7 heteroatoms. The molecular formula is C21H43NO5P+. The van der Waals surface area contributed by atoms with Crippen LogP contribution in [0.3, 0.4) is 0 Å². The molecule has 0 bridgehead atoms. The first-order valence-electron chi connectivity index (χ1n) is 11.2. The van der Waals surface area contributed by atoms with Crippen molar-refractivity contribution >= 4 is 13.7 Å². The summed E-state index contributed by atoms with van der Waals surface area (Å²) in [4.78, 5) is 11.9. The number of rotatable bonds is 21. The highest BCUT2D eigenvalue weighted by molar-refractivity contribution is 7.43. The first-order valence-corrected chi connectivity index (χ1v) is 12.5. The van der Waals surface area contributed by atoms with Gasteiger partial charge in [-0.15, -0.1) is 5.09 Å². The highest BCUT2D eigenvalue weighted by atomic mass is 31.1. The number of unbranched alkanes of at least 4 members (excludes halogenated alkanes) is 12. The van der Waals surface area contributed by atoms with Gasteiger partial charge in [-0.1, -0.05) is 84.0 Å². The summed E-state index contributed by atoms with van der Waals surface area (Å²) in [6, 6.07) is 0. The number of carbonyl (C=O) groups excluding carboxylic acids is 1. The quantitative estimate of drug-likeness (QED) is 0.162. The van der Waals surface area contributed by atoms with Crippen LogP contribution in [-0.4, -0.2) is 46.2 Å². The van der Waals surface area contributed by atoms with E-state index >= 15 is 0 Å². The molecule has 166 valence electrons. The molecule has 0 spiro atoms. The highest BCUT2D eigenvalue weighted by Crippen LogP contribution is 2.25. The van der Waals surface area contributed by atoms with Crippen LogP contribution < -0.4 is 5.09 Å². The largest absolute Gasteiger partial charge is 0.466 e. The zero-order valence-corrected chi connectivity index (χ0v) is 18.7. The Hall–Kier alpha value is -0.390. The maximum Gasteiger partial charge on any atom is 0.466 e. The Morgan fingerprint density at radius 2 is 1.32 bits per heavy atom. The van der Waals surface area contributed by atoms with Gasteiger partial charge in [0.05, 0.1) is 13.2 Å². The SMILES string of the molecule is CCCCCCCCCCCCCCCC(=O)CC(O)C(O)[P+](=O)NCCO. The number of hydrogen-bond donors (Lipinski definition) is 4. The predicted octanol–water partition coefficient (Wildman–Crippen LogP) is 4.43. The monoisotopic (exact) mass is 420 g/mol. The molecule has 0 fully saturated rings. The molecule has 3 atom stereocenters. The van der Waals surface area contributed by atoms with Crippen LogP contribution in [0.1, 0.15) is 103 Å². The van der Waals surface area contributed by atoms with Crippen molar-refractivity contribution in [1.82, 2.24) is 5.09 Å². The summed E-state index contributed by atoms with van der Waals surface area (Å²) in [5, 5.41) is 30.6. The molecule has 0 saturated heterocycles. The molecule has 0 aromatic carbocycles. The van der Waals surface area contributed by atoms with Crippen LogP contribution in [0, 0.1) is 0 Å². The standard InChI is InChI=1S/C21H43NO5P/c1-2-3-4-5-6-7-8-9-10-11-12-13-14-15-19(24)18-20(25)21(26)28(27)22-16-17-23/h20-21,23,25-26H,2-18H2,1H3,(H,22,27)/q+1. The van der Waals surface area contributed by atoms with E-state index in [0.29, 0.717) is 6.42 Å². The van der Waals surface area contributed by atoms with Crippen LogP contribution in [0.4, 0.5) is 0 Å². The molecule has 0 heterocycles. The van der Waals surface area contributed by atoms with Crippen LogP contribution in [0.2, 0.25) is 0 Å². The molecule has 0 aliphatic carbocycles. The van der Waals surface area contributed by atoms with E-state index in [4.69, 9.17) is 5.11 Å². The van der Waals surface area contributed by atoms with Gasteiger partial charge in [0.15, 0.2) is 0 Å². The normalized spacial score (nSPS) is 14.1. The van der Waals surface area contributed by atoms with Crippen molar-refractivity contribution in [3.63, 3.8) is 0 Å². The van der Waals surface area contributed by atoms with E-state index < -0.39 is 19.9 Å². The van der Waals surface area contributed by atoms with Crippen molar-refractivity contribution in [3.05, 3.63) is 0 Å². The maximum absolute atomic E-state index is 11.9. The lowest BCUT2D eigenvalue weighted by atomic mass is 10.0. The van der Waals surface area contributed by atoms with Crippen LogP contribution in [-0.2, 0) is 9.36 Å². The zero-order chi connectivity index (χ0) is 21.0. The third-order valence-electron chi connectivity index (χ3n) is 4.96. The molecule has 28 heavy (non-hydrogen) atoms. The van der Waals surface area contributed by atoms with Crippen LogP contribution in [0.15, 0.2) is 0 Å². The number of carbonyl (C=O) groups is 1. The fourth-order valence-electron chi connectivity index (χ4n) is 3.19. The summed E-state index contributed by atoms with van der Waals surface area (Å²) in [5.41, 5.74) is 0. The lowest BCUT2D eigenvalue weighted by Gasteiger charge is -2.09. The number of Topliss-reactive ketones (excluding diaryl/α,β-unsaturated/α-hetero) is 1. The van der Waals surface area contributed by atoms with Gasteiger partial charge in [-0.2, -0.15) is 0 Å². The van der Waals surface area contributed by atoms with E-state index in [-0.39, 0.29) is 25.4 Å². The van der Waals surface area contributed by atoms with Crippen LogP contribution >= 0.6 is 7.95 Å². The van der Waals surface area contributed by atoms with Gasteiger partial charge in [-0.25, -0.2) is 0 Å². The topological polar surface area (TPSA) is 107 Å². The van der Waals surface area contributed by atoms with Crippen molar-refractivity contribution in [2.45, 2.75) is 115 Å². The molecule has 0 amide bonds. The Kier molecular flexibility index (Phi) is 19.6. The molecule has 6 nitrogen and oxygen atoms in total. The minimum atomic E-state index is -2.26. The molecule has 4 N–H and O–H groups in total. The van der Waals surface area contributed by atoms with E-state index in [0.717, 1.165) is 19.3 Å². The van der Waals surface area contributed by atoms with Crippen molar-refractivity contribution in [3.8, 4) is 0 Å². The second-order valence-corrected chi connectivity index (χ2v) is 9.17. The summed E-state index contributed by atoms with van der Waals surface area (Å²) < 4.78 is 11.6. The summed E-state index contributed by atoms with van der Waals surface area (Å²) in [6.07, 6.45) is 15.1. The van der Waals surface area contributed by atoms with E-state index in [2.05, 4.69) is 12.0 Å². The minimum Gasteiger partial charge on any atom is -0.395 e. The first-order chi connectivity index (χ1) is 13.5. The molecule has 0 rings (SSSR count). The molecule has 0 aromatic heterocycles. The van der Waals surface area contributed by atoms with Gasteiger partial charge in [-0.05, 0) is 11.0 Å². The van der Waals surface area contributed by atoms with Crippen LogP contribution in [0.5, 0.6) is 0 Å². The molecule has 0 radical (unpaired) electrons. The molecule has 0 aliphatic heterocycles. The van der Waals surface area contributed by atoms with Gasteiger partial charge in [0, 0.05) is 12.8 Å². The lowest BCUT2D eigenvalue weighted by Crippen LogP contribution is -2.29. The Balaban J connectivity index is 3.51. The van der Waals surface area contributed by atoms with Gasteiger partial charge >= 0.3 is 7.95 Å². The average Bonchev–Trinajstić information content (AvgIpc) is 2.68.